The van der Waals surface area contributed by atoms with Crippen LogP contribution in [0.4, 0.5) is 10.5 Å². The highest BCUT2D eigenvalue weighted by molar-refractivity contribution is 7.92. The molecule has 2 N–H and O–H groups in total. The maximum atomic E-state index is 13.7. The van der Waals surface area contributed by atoms with Crippen LogP contribution in [0.15, 0.2) is 66.1 Å². The third kappa shape index (κ3) is 8.36. The lowest BCUT2D eigenvalue weighted by Gasteiger charge is -2.32. The molecule has 202 valence electrons. The number of anilines is 1. The third-order valence-electron chi connectivity index (χ3n) is 5.42. The van der Waals surface area contributed by atoms with E-state index < -0.39 is 22.2 Å². The Balaban J connectivity index is 0.00000481. The SMILES string of the molecule is C.C[C@H](CCCOC(=O)NCCn1ccnc1)N(c1cc(Cl)ccc1CO)S(=O)(=O)c1ccc(Cl)cc1. The fourth-order valence-corrected chi connectivity index (χ4v) is 5.63. The van der Waals surface area contributed by atoms with Crippen molar-refractivity contribution in [2.24, 2.45) is 0 Å². The molecule has 0 aliphatic heterocycles. The van der Waals surface area contributed by atoms with Crippen LogP contribution in [-0.4, -0.2) is 48.4 Å². The van der Waals surface area contributed by atoms with Crippen LogP contribution in [0, 0.1) is 0 Å². The number of aromatic nitrogens is 2. The zero-order chi connectivity index (χ0) is 26.1. The predicted octanol–water partition coefficient (Wildman–Crippen LogP) is 5.11. The summed E-state index contributed by atoms with van der Waals surface area (Å²) in [5, 5.41) is 13.3. The zero-order valence-electron chi connectivity index (χ0n) is 19.7. The number of nitrogens with zero attached hydrogens (tertiary/aromatic N) is 3. The molecule has 1 atom stereocenters. The van der Waals surface area contributed by atoms with Crippen molar-refractivity contribution in [3.8, 4) is 0 Å². The topological polar surface area (TPSA) is 114 Å². The number of rotatable bonds is 12. The molecule has 9 nitrogen and oxygen atoms in total. The van der Waals surface area contributed by atoms with Crippen LogP contribution in [-0.2, 0) is 27.9 Å². The number of aliphatic hydroxyl groups is 1. The van der Waals surface area contributed by atoms with Crippen LogP contribution in [0.25, 0.3) is 0 Å². The Labute approximate surface area is 228 Å². The van der Waals surface area contributed by atoms with Crippen molar-refractivity contribution in [2.45, 2.75) is 51.3 Å². The summed E-state index contributed by atoms with van der Waals surface area (Å²) < 4.78 is 35.7. The van der Waals surface area contributed by atoms with Crippen molar-refractivity contribution in [3.05, 3.63) is 76.8 Å². The van der Waals surface area contributed by atoms with E-state index in [2.05, 4.69) is 10.3 Å². The standard InChI is InChI=1S/C24H28Cl2N4O5S.CH4/c1-18(3-2-14-35-24(32)28-11-13-29-12-10-27-17-29)30(23-15-21(26)5-4-19(23)16-31)36(33,34)22-8-6-20(25)7-9-22;/h4-10,12,15,17-18,31H,2-3,11,13-14,16H2,1H3,(H,28,32);1H4/t18-;/m1./s1. The maximum Gasteiger partial charge on any atom is 0.407 e. The Kier molecular flexibility index (Phi) is 11.7. The normalized spacial score (nSPS) is 11.9. The molecule has 0 aliphatic carbocycles. The summed E-state index contributed by atoms with van der Waals surface area (Å²) in [4.78, 5) is 15.9. The number of sulfonamides is 1. The molecule has 1 heterocycles. The molecule has 1 amide bonds. The van der Waals surface area contributed by atoms with Gasteiger partial charge in [0.1, 0.15) is 0 Å². The molecule has 3 rings (SSSR count). The van der Waals surface area contributed by atoms with Crippen LogP contribution in [0.5, 0.6) is 0 Å². The first-order valence-corrected chi connectivity index (χ1v) is 13.5. The number of benzene rings is 2. The Morgan fingerprint density at radius 1 is 1.19 bits per heavy atom. The Bertz CT molecular complexity index is 1240. The number of halogens is 2. The molecule has 37 heavy (non-hydrogen) atoms. The maximum absolute atomic E-state index is 13.7. The Morgan fingerprint density at radius 2 is 1.89 bits per heavy atom. The molecular formula is C25H32Cl2N4O5S. The van der Waals surface area contributed by atoms with Crippen LogP contribution in [0.3, 0.4) is 0 Å². The van der Waals surface area contributed by atoms with Gasteiger partial charge < -0.3 is 19.7 Å². The first-order valence-electron chi connectivity index (χ1n) is 11.3. The minimum absolute atomic E-state index is 0. The molecule has 0 unspecified atom stereocenters. The lowest BCUT2D eigenvalue weighted by molar-refractivity contribution is 0.143. The van der Waals surface area contributed by atoms with Crippen LogP contribution in [0.2, 0.25) is 10.0 Å². The zero-order valence-corrected chi connectivity index (χ0v) is 22.0. The van der Waals surface area contributed by atoms with E-state index >= 15 is 0 Å². The second-order valence-corrected chi connectivity index (χ2v) is 10.7. The quantitative estimate of drug-likeness (QED) is 0.292. The summed E-state index contributed by atoms with van der Waals surface area (Å²) in [6.07, 6.45) is 5.35. The summed E-state index contributed by atoms with van der Waals surface area (Å²) in [6.45, 7) is 2.45. The summed E-state index contributed by atoms with van der Waals surface area (Å²) in [5.74, 6) is 0. The van der Waals surface area contributed by atoms with E-state index in [1.807, 2.05) is 4.57 Å². The molecule has 3 aromatic rings. The molecule has 0 radical (unpaired) electrons. The van der Waals surface area contributed by atoms with Gasteiger partial charge in [0.25, 0.3) is 10.0 Å². The second kappa shape index (κ2) is 14.2. The fraction of sp³-hybridized carbons (Fsp3) is 0.360. The minimum atomic E-state index is -4.03. The molecule has 0 aliphatic rings. The van der Waals surface area contributed by atoms with Crippen LogP contribution >= 0.6 is 23.2 Å². The molecule has 2 aromatic carbocycles. The summed E-state index contributed by atoms with van der Waals surface area (Å²) >= 11 is 12.1. The number of alkyl carbamates (subject to hydrolysis) is 1. The summed E-state index contributed by atoms with van der Waals surface area (Å²) in [6, 6.07) is 10.0. The molecule has 1 aromatic heterocycles. The van der Waals surface area contributed by atoms with Crippen LogP contribution in [0.1, 0.15) is 32.8 Å². The van der Waals surface area contributed by atoms with Gasteiger partial charge in [-0.3, -0.25) is 4.31 Å². The van der Waals surface area contributed by atoms with Crippen molar-refractivity contribution < 1.29 is 23.1 Å². The fourth-order valence-electron chi connectivity index (χ4n) is 3.62. The van der Waals surface area contributed by atoms with Crippen molar-refractivity contribution in [3.63, 3.8) is 0 Å². The molecule has 0 spiro atoms. The van der Waals surface area contributed by atoms with Crippen molar-refractivity contribution in [1.29, 1.82) is 0 Å². The van der Waals surface area contributed by atoms with E-state index in [4.69, 9.17) is 27.9 Å². The average Bonchev–Trinajstić information content (AvgIpc) is 3.36. The Hall–Kier alpha value is -2.79. The van der Waals surface area contributed by atoms with E-state index in [1.165, 1.54) is 34.6 Å². The number of carbonyl (C=O) groups excluding carboxylic acids is 1. The lowest BCUT2D eigenvalue weighted by Crippen LogP contribution is -2.39. The van der Waals surface area contributed by atoms with Crippen molar-refractivity contribution in [2.75, 3.05) is 17.5 Å². The molecule has 0 fully saturated rings. The number of carbonyl (C=O) groups is 1. The highest BCUT2D eigenvalue weighted by Crippen LogP contribution is 2.33. The molecule has 0 saturated carbocycles. The lowest BCUT2D eigenvalue weighted by atomic mass is 10.1. The largest absolute Gasteiger partial charge is 0.450 e. The van der Waals surface area contributed by atoms with Crippen LogP contribution < -0.4 is 9.62 Å². The number of aliphatic hydroxyl groups excluding tert-OH is 1. The summed E-state index contributed by atoms with van der Waals surface area (Å²) in [5.41, 5.74) is 0.697. The van der Waals surface area contributed by atoms with Gasteiger partial charge in [0.15, 0.2) is 0 Å². The minimum Gasteiger partial charge on any atom is -0.450 e. The van der Waals surface area contributed by atoms with E-state index in [0.29, 0.717) is 41.5 Å². The van der Waals surface area contributed by atoms with Gasteiger partial charge >= 0.3 is 6.09 Å². The molecular weight excluding hydrogens is 539 g/mol. The first kappa shape index (κ1) is 30.4. The smallest absolute Gasteiger partial charge is 0.407 e. The van der Waals surface area contributed by atoms with Crippen molar-refractivity contribution in [1.82, 2.24) is 14.9 Å². The summed E-state index contributed by atoms with van der Waals surface area (Å²) in [7, 11) is -4.03. The van der Waals surface area contributed by atoms with E-state index in [1.54, 1.807) is 37.8 Å². The molecule has 0 saturated heterocycles. The van der Waals surface area contributed by atoms with Gasteiger partial charge in [-0.05, 0) is 56.2 Å². The van der Waals surface area contributed by atoms with Crippen molar-refractivity contribution >= 4 is 45.0 Å². The van der Waals surface area contributed by atoms with Gasteiger partial charge in [-0.1, -0.05) is 36.7 Å². The van der Waals surface area contributed by atoms with E-state index in [9.17, 15) is 18.3 Å². The van der Waals surface area contributed by atoms with Gasteiger partial charge in [0.05, 0.1) is 30.1 Å². The highest BCUT2D eigenvalue weighted by atomic mass is 35.5. The van der Waals surface area contributed by atoms with E-state index in [-0.39, 0.29) is 31.2 Å². The average molecular weight is 572 g/mol. The first-order chi connectivity index (χ1) is 17.2. The van der Waals surface area contributed by atoms with E-state index in [0.717, 1.165) is 0 Å². The number of hydrogen-bond acceptors (Lipinski definition) is 6. The predicted molar refractivity (Wildman–Crippen MR) is 145 cm³/mol. The Morgan fingerprint density at radius 3 is 2.54 bits per heavy atom. The van der Waals surface area contributed by atoms with Gasteiger partial charge in [-0.15, -0.1) is 0 Å². The second-order valence-electron chi connectivity index (χ2n) is 8.04. The number of nitrogens with one attached hydrogen (secondary N) is 1. The number of amides is 1. The van der Waals surface area contributed by atoms with Gasteiger partial charge in [0, 0.05) is 47.1 Å². The highest BCUT2D eigenvalue weighted by Gasteiger charge is 2.31. The third-order valence-corrected chi connectivity index (χ3v) is 7.85. The van der Waals surface area contributed by atoms with Gasteiger partial charge in [-0.2, -0.15) is 0 Å². The molecule has 0 bridgehead atoms. The van der Waals surface area contributed by atoms with Gasteiger partial charge in [0.2, 0.25) is 0 Å². The number of imidazole rings is 1. The van der Waals surface area contributed by atoms with Gasteiger partial charge in [-0.25, -0.2) is 18.2 Å². The number of ether oxygens (including phenoxy) is 1. The monoisotopic (exact) mass is 570 g/mol. The number of hydrogen-bond donors (Lipinski definition) is 2. The molecule has 12 heteroatoms.